The summed E-state index contributed by atoms with van der Waals surface area (Å²) in [5.41, 5.74) is 4.72. The molecule has 204 valence electrons. The molecule has 0 aromatic rings. The number of allylic oxidation sites excluding steroid dienone is 11. The third-order valence-corrected chi connectivity index (χ3v) is 6.20. The van der Waals surface area contributed by atoms with Crippen LogP contribution < -0.4 is 11.1 Å². The van der Waals surface area contributed by atoms with E-state index in [1.54, 1.807) is 55.5 Å². The highest BCUT2D eigenvalue weighted by Crippen LogP contribution is 2.23. The van der Waals surface area contributed by atoms with Crippen molar-refractivity contribution in [3.05, 3.63) is 85.1 Å². The minimum atomic E-state index is -1.37. The van der Waals surface area contributed by atoms with Crippen molar-refractivity contribution in [2.45, 2.75) is 76.1 Å². The minimum Gasteiger partial charge on any atom is -0.391 e. The molecule has 0 aromatic heterocycles. The van der Waals surface area contributed by atoms with Crippen LogP contribution >= 0.6 is 0 Å². The van der Waals surface area contributed by atoms with Gasteiger partial charge in [0, 0.05) is 12.6 Å². The number of aliphatic hydroxyl groups excluding tert-OH is 1. The monoisotopic (exact) mass is 512 g/mol. The van der Waals surface area contributed by atoms with Crippen LogP contribution in [0.5, 0.6) is 0 Å². The zero-order valence-corrected chi connectivity index (χ0v) is 22.1. The van der Waals surface area contributed by atoms with Gasteiger partial charge in [0.2, 0.25) is 5.91 Å². The second-order valence-corrected chi connectivity index (χ2v) is 9.73. The summed E-state index contributed by atoms with van der Waals surface area (Å²) in [5.74, 6) is 0.300. The van der Waals surface area contributed by atoms with Crippen molar-refractivity contribution < 1.29 is 24.5 Å². The molecule has 37 heavy (non-hydrogen) atoms. The molecule has 5 N–H and O–H groups in total. The smallest absolute Gasteiger partial charge is 0.243 e. The molecule has 0 aromatic carbocycles. The number of hydrogen-bond acceptors (Lipinski definition) is 6. The van der Waals surface area contributed by atoms with E-state index in [2.05, 4.69) is 30.5 Å². The average Bonchev–Trinajstić information content (AvgIpc) is 2.86. The number of rotatable bonds is 2. The van der Waals surface area contributed by atoms with Crippen LogP contribution in [-0.4, -0.2) is 59.4 Å². The second kappa shape index (κ2) is 17.1. The topological polar surface area (TPSA) is 114 Å². The number of ether oxygens (including phenoxy) is 2. The van der Waals surface area contributed by atoms with Gasteiger partial charge in [0.15, 0.2) is 6.29 Å². The Hall–Kier alpha value is -2.55. The molecule has 0 radical (unpaired) electrons. The van der Waals surface area contributed by atoms with Gasteiger partial charge in [0.1, 0.15) is 11.7 Å². The number of aliphatic hydroxyl groups is 2. The fraction of sp³-hybridized carbons (Fsp3) is 0.500. The van der Waals surface area contributed by atoms with Gasteiger partial charge >= 0.3 is 0 Å². The highest BCUT2D eigenvalue weighted by atomic mass is 16.7. The summed E-state index contributed by atoms with van der Waals surface area (Å²) in [6.45, 7) is 4.78. The summed E-state index contributed by atoms with van der Waals surface area (Å²) in [5, 5.41) is 24.2. The summed E-state index contributed by atoms with van der Waals surface area (Å²) in [6, 6.07) is -0.699. The number of hydrogen-bond donors (Lipinski definition) is 4. The molecule has 0 aliphatic carbocycles. The number of nitrogens with two attached hydrogens (primary N) is 1. The van der Waals surface area contributed by atoms with Gasteiger partial charge in [-0.15, -0.1) is 0 Å². The fourth-order valence-electron chi connectivity index (χ4n) is 3.77. The molecule has 6 unspecified atom stereocenters. The zero-order valence-electron chi connectivity index (χ0n) is 22.1. The largest absolute Gasteiger partial charge is 0.391 e. The molecule has 7 nitrogen and oxygen atoms in total. The molecule has 0 spiro atoms. The van der Waals surface area contributed by atoms with Crippen LogP contribution in [0.25, 0.3) is 0 Å². The lowest BCUT2D eigenvalue weighted by Crippen LogP contribution is -2.54. The number of carbonyl (C=O) groups excluding carboxylic acids is 1. The lowest BCUT2D eigenvalue weighted by Gasteiger charge is -2.37. The van der Waals surface area contributed by atoms with Gasteiger partial charge in [-0.1, -0.05) is 85.9 Å². The average molecular weight is 513 g/mol. The Labute approximate surface area is 221 Å². The van der Waals surface area contributed by atoms with Crippen molar-refractivity contribution >= 4 is 5.91 Å². The molecule has 1 amide bonds. The van der Waals surface area contributed by atoms with Gasteiger partial charge < -0.3 is 30.7 Å². The Bertz CT molecular complexity index is 884. The van der Waals surface area contributed by atoms with Crippen LogP contribution in [-0.2, 0) is 14.3 Å². The summed E-state index contributed by atoms with van der Waals surface area (Å²) in [7, 11) is 0. The first kappa shape index (κ1) is 30.7. The number of carbonyl (C=O) groups is 1. The van der Waals surface area contributed by atoms with Crippen molar-refractivity contribution in [2.75, 3.05) is 13.2 Å². The first-order valence-electron chi connectivity index (χ1n) is 13.2. The Morgan fingerprint density at radius 3 is 2.51 bits per heavy atom. The molecule has 2 heterocycles. The summed E-state index contributed by atoms with van der Waals surface area (Å²) >= 11 is 0. The molecule has 0 saturated carbocycles. The van der Waals surface area contributed by atoms with Crippen molar-refractivity contribution in [1.82, 2.24) is 5.32 Å². The quantitative estimate of drug-likeness (QED) is 0.419. The van der Waals surface area contributed by atoms with E-state index < -0.39 is 30.1 Å². The molecule has 1 fully saturated rings. The van der Waals surface area contributed by atoms with E-state index in [0.717, 1.165) is 25.7 Å². The van der Waals surface area contributed by atoms with Crippen LogP contribution in [0, 0.1) is 5.92 Å². The molecule has 1 saturated heterocycles. The lowest BCUT2D eigenvalue weighted by atomic mass is 9.97. The Morgan fingerprint density at radius 2 is 1.70 bits per heavy atom. The van der Waals surface area contributed by atoms with E-state index in [-0.39, 0.29) is 5.91 Å². The molecule has 2 rings (SSSR count). The van der Waals surface area contributed by atoms with Crippen molar-refractivity contribution in [3.8, 4) is 0 Å². The van der Waals surface area contributed by atoms with Gasteiger partial charge in [0.25, 0.3) is 0 Å². The highest BCUT2D eigenvalue weighted by molar-refractivity contribution is 5.87. The normalized spacial score (nSPS) is 39.3. The predicted molar refractivity (Wildman–Crippen MR) is 148 cm³/mol. The molecule has 6 atom stereocenters. The van der Waals surface area contributed by atoms with E-state index in [9.17, 15) is 15.0 Å². The molecular formula is C30H44N2O5. The second-order valence-electron chi connectivity index (χ2n) is 9.73. The summed E-state index contributed by atoms with van der Waals surface area (Å²) in [4.78, 5) is 12.0. The highest BCUT2D eigenvalue weighted by Gasteiger charge is 2.37. The van der Waals surface area contributed by atoms with Crippen molar-refractivity contribution in [1.29, 1.82) is 0 Å². The molecule has 2 aliphatic heterocycles. The molecule has 2 aliphatic rings. The van der Waals surface area contributed by atoms with Crippen LogP contribution in [0.3, 0.4) is 0 Å². The van der Waals surface area contributed by atoms with E-state index in [1.165, 1.54) is 6.08 Å². The third-order valence-electron chi connectivity index (χ3n) is 6.20. The van der Waals surface area contributed by atoms with Gasteiger partial charge in [-0.25, -0.2) is 0 Å². The van der Waals surface area contributed by atoms with Crippen LogP contribution in [0.2, 0.25) is 0 Å². The Kier molecular flexibility index (Phi) is 14.1. The van der Waals surface area contributed by atoms with E-state index in [4.69, 9.17) is 15.2 Å². The van der Waals surface area contributed by atoms with E-state index in [1.807, 2.05) is 12.2 Å². The third kappa shape index (κ3) is 12.5. The zero-order chi connectivity index (χ0) is 26.9. The van der Waals surface area contributed by atoms with Gasteiger partial charge in [0.05, 0.1) is 18.8 Å². The maximum Gasteiger partial charge on any atom is 0.243 e. The predicted octanol–water partition coefficient (Wildman–Crippen LogP) is 3.78. The molecule has 0 bridgehead atoms. The maximum absolute atomic E-state index is 12.0. The van der Waals surface area contributed by atoms with Crippen LogP contribution in [0.1, 0.15) is 46.0 Å². The van der Waals surface area contributed by atoms with Gasteiger partial charge in [-0.2, -0.15) is 0 Å². The number of nitrogens with one attached hydrogen (secondary N) is 1. The van der Waals surface area contributed by atoms with Crippen molar-refractivity contribution in [2.24, 2.45) is 11.7 Å². The van der Waals surface area contributed by atoms with Crippen LogP contribution in [0.15, 0.2) is 85.1 Å². The SMILES string of the molecule is CC1CC/C=C\CC/C=C\C=C/C(OC2OCCC(O)C2N)C(C)(O)/C=C/C=C\C=C/C=C/C(=O)NC1. The Balaban J connectivity index is 2.14. The van der Waals surface area contributed by atoms with Crippen molar-refractivity contribution in [3.63, 3.8) is 0 Å². The molecular weight excluding hydrogens is 468 g/mol. The Morgan fingerprint density at radius 1 is 1.00 bits per heavy atom. The van der Waals surface area contributed by atoms with Gasteiger partial charge in [-0.3, -0.25) is 4.79 Å². The standard InChI is InChI=1S/C30H44N2O5/c1-24-17-13-9-5-3-4-6-10-14-18-26(37-29-28(31)25(33)20-22-36-29)30(2,35)21-16-12-8-7-11-15-19-27(34)32-23-24/h5-12,14-16,18-19,21,24-26,28-29,33,35H,3-4,13,17,20,22-23,31H2,1-2H3,(H,32,34)/b9-5-,10-6-,11-7-,12-8-,18-14-,19-15+,21-16+. The summed E-state index contributed by atoms with van der Waals surface area (Å²) in [6.07, 6.45) is 27.6. The first-order valence-corrected chi connectivity index (χ1v) is 13.2. The van der Waals surface area contributed by atoms with Gasteiger partial charge in [-0.05, 0) is 44.9 Å². The maximum atomic E-state index is 12.0. The molecule has 7 heteroatoms. The van der Waals surface area contributed by atoms with E-state index in [0.29, 0.717) is 25.5 Å². The fourth-order valence-corrected chi connectivity index (χ4v) is 3.77. The van der Waals surface area contributed by atoms with E-state index >= 15 is 0 Å². The minimum absolute atomic E-state index is 0.110. The first-order chi connectivity index (χ1) is 17.8. The van der Waals surface area contributed by atoms with Crippen LogP contribution in [0.4, 0.5) is 0 Å². The number of amides is 1. The lowest BCUT2D eigenvalue weighted by molar-refractivity contribution is -0.228. The summed E-state index contributed by atoms with van der Waals surface area (Å²) < 4.78 is 11.7.